The number of carbonyl (C=O) groups is 1. The first-order valence-corrected chi connectivity index (χ1v) is 10.1. The van der Waals surface area contributed by atoms with Crippen LogP contribution in [0, 0.1) is 15.9 Å². The summed E-state index contributed by atoms with van der Waals surface area (Å²) in [5.74, 6) is -0.666. The van der Waals surface area contributed by atoms with Crippen LogP contribution in [0.1, 0.15) is 30.1 Å². The van der Waals surface area contributed by atoms with E-state index in [0.29, 0.717) is 22.4 Å². The van der Waals surface area contributed by atoms with Gasteiger partial charge in [-0.25, -0.2) is 4.39 Å². The number of hydrogen-bond acceptors (Lipinski definition) is 4. The lowest BCUT2D eigenvalue weighted by Gasteiger charge is -2.20. The third-order valence-electron chi connectivity index (χ3n) is 5.05. The van der Waals surface area contributed by atoms with E-state index in [9.17, 15) is 19.3 Å². The number of nitro groups is 1. The van der Waals surface area contributed by atoms with Gasteiger partial charge in [0.2, 0.25) is 0 Å². The van der Waals surface area contributed by atoms with Gasteiger partial charge in [0.25, 0.3) is 11.6 Å². The number of rotatable bonds is 7. The summed E-state index contributed by atoms with van der Waals surface area (Å²) in [6, 6.07) is 10.6. The van der Waals surface area contributed by atoms with Crippen molar-refractivity contribution in [3.63, 3.8) is 0 Å². The maximum atomic E-state index is 13.0. The number of nitro benzene ring substituents is 1. The van der Waals surface area contributed by atoms with Crippen LogP contribution in [0.15, 0.2) is 52.3 Å². The molecule has 1 fully saturated rings. The van der Waals surface area contributed by atoms with Gasteiger partial charge >= 0.3 is 0 Å². The van der Waals surface area contributed by atoms with Crippen molar-refractivity contribution in [1.82, 2.24) is 5.32 Å². The molecular formula is C20H23FN3O3S+. The van der Waals surface area contributed by atoms with Crippen molar-refractivity contribution in [1.29, 1.82) is 0 Å². The van der Waals surface area contributed by atoms with Gasteiger partial charge in [0.15, 0.2) is 0 Å². The summed E-state index contributed by atoms with van der Waals surface area (Å²) in [5, 5.41) is 14.4. The Morgan fingerprint density at radius 2 is 2.07 bits per heavy atom. The number of halogens is 1. The number of benzene rings is 2. The van der Waals surface area contributed by atoms with Crippen molar-refractivity contribution in [3.05, 3.63) is 64.0 Å². The maximum Gasteiger partial charge on any atom is 0.284 e. The van der Waals surface area contributed by atoms with Crippen LogP contribution in [0.4, 0.5) is 10.1 Å². The number of likely N-dealkylation sites (N-methyl/N-ethyl adjacent to an activating group) is 1. The van der Waals surface area contributed by atoms with Crippen LogP contribution in [-0.4, -0.2) is 36.5 Å². The molecule has 1 amide bonds. The quantitative estimate of drug-likeness (QED) is 0.550. The van der Waals surface area contributed by atoms with Gasteiger partial charge in [-0.2, -0.15) is 0 Å². The fourth-order valence-electron chi connectivity index (χ4n) is 3.53. The van der Waals surface area contributed by atoms with E-state index in [4.69, 9.17) is 0 Å². The Morgan fingerprint density at radius 3 is 2.75 bits per heavy atom. The van der Waals surface area contributed by atoms with Gasteiger partial charge in [-0.15, -0.1) is 0 Å². The summed E-state index contributed by atoms with van der Waals surface area (Å²) in [5.41, 5.74) is 0.134. The Balaban J connectivity index is 1.71. The van der Waals surface area contributed by atoms with Gasteiger partial charge in [0.05, 0.1) is 29.5 Å². The molecule has 148 valence electrons. The largest absolute Gasteiger partial charge is 0.346 e. The molecule has 2 aromatic rings. The lowest BCUT2D eigenvalue weighted by Crippen LogP contribution is -3.14. The lowest BCUT2D eigenvalue weighted by atomic mass is 10.1. The summed E-state index contributed by atoms with van der Waals surface area (Å²) >= 11 is 1.17. The molecule has 1 heterocycles. The van der Waals surface area contributed by atoms with E-state index in [2.05, 4.69) is 12.2 Å². The molecule has 3 rings (SSSR count). The van der Waals surface area contributed by atoms with Gasteiger partial charge in [0, 0.05) is 29.4 Å². The van der Waals surface area contributed by atoms with Crippen LogP contribution in [0.5, 0.6) is 0 Å². The Bertz CT molecular complexity index is 860. The van der Waals surface area contributed by atoms with Crippen molar-refractivity contribution in [3.8, 4) is 0 Å². The molecule has 1 saturated heterocycles. The molecule has 1 aliphatic heterocycles. The fourth-order valence-corrected chi connectivity index (χ4v) is 4.43. The average molecular weight is 404 g/mol. The molecule has 0 saturated carbocycles. The van der Waals surface area contributed by atoms with Gasteiger partial charge in [0.1, 0.15) is 11.9 Å². The molecule has 0 aliphatic carbocycles. The van der Waals surface area contributed by atoms with E-state index < -0.39 is 4.92 Å². The van der Waals surface area contributed by atoms with Crippen molar-refractivity contribution in [2.75, 3.05) is 19.6 Å². The van der Waals surface area contributed by atoms with Crippen molar-refractivity contribution in [2.45, 2.75) is 35.6 Å². The SMILES string of the molecule is CC[NH+]1CCCC1CNC(=O)c1ccc(Sc2ccc(F)cc2)c([N+](=O)[O-])c1. The first-order chi connectivity index (χ1) is 13.5. The van der Waals surface area contributed by atoms with E-state index in [1.807, 2.05) is 0 Å². The molecule has 8 heteroatoms. The normalized spacial score (nSPS) is 18.8. The number of quaternary nitrogens is 1. The average Bonchev–Trinajstić information content (AvgIpc) is 3.15. The molecule has 0 bridgehead atoms. The Labute approximate surface area is 167 Å². The Hall–Kier alpha value is -2.45. The number of carbonyl (C=O) groups excluding carboxylic acids is 1. The van der Waals surface area contributed by atoms with E-state index >= 15 is 0 Å². The number of hydrogen-bond donors (Lipinski definition) is 2. The first kappa shape index (κ1) is 20.3. The summed E-state index contributed by atoms with van der Waals surface area (Å²) in [7, 11) is 0. The maximum absolute atomic E-state index is 13.0. The number of nitrogens with one attached hydrogen (secondary N) is 2. The van der Waals surface area contributed by atoms with Crippen LogP contribution < -0.4 is 10.2 Å². The van der Waals surface area contributed by atoms with Crippen molar-refractivity contribution in [2.24, 2.45) is 0 Å². The highest BCUT2D eigenvalue weighted by Gasteiger charge is 2.27. The van der Waals surface area contributed by atoms with Crippen LogP contribution in [-0.2, 0) is 0 Å². The summed E-state index contributed by atoms with van der Waals surface area (Å²) < 4.78 is 13.0. The highest BCUT2D eigenvalue weighted by Crippen LogP contribution is 2.35. The highest BCUT2D eigenvalue weighted by molar-refractivity contribution is 7.99. The highest BCUT2D eigenvalue weighted by atomic mass is 32.2. The molecule has 2 N–H and O–H groups in total. The van der Waals surface area contributed by atoms with Crippen LogP contribution in [0.3, 0.4) is 0 Å². The molecule has 6 nitrogen and oxygen atoms in total. The van der Waals surface area contributed by atoms with E-state index in [-0.39, 0.29) is 23.0 Å². The molecule has 2 aromatic carbocycles. The Morgan fingerprint density at radius 1 is 1.32 bits per heavy atom. The predicted molar refractivity (Wildman–Crippen MR) is 105 cm³/mol. The number of amides is 1. The summed E-state index contributed by atoms with van der Waals surface area (Å²) in [4.78, 5) is 26.1. The predicted octanol–water partition coefficient (Wildman–Crippen LogP) is 2.68. The van der Waals surface area contributed by atoms with Gasteiger partial charge < -0.3 is 10.2 Å². The molecule has 1 aliphatic rings. The minimum absolute atomic E-state index is 0.136. The molecule has 28 heavy (non-hydrogen) atoms. The zero-order chi connectivity index (χ0) is 20.1. The standard InChI is InChI=1S/C20H22FN3O3S/c1-2-23-11-3-4-16(23)13-22-20(25)14-5-10-19(18(12-14)24(26)27)28-17-8-6-15(21)7-9-17/h5-10,12,16H,2-4,11,13H2,1H3,(H,22,25)/p+1. The Kier molecular flexibility index (Phi) is 6.64. The zero-order valence-corrected chi connectivity index (χ0v) is 16.4. The van der Waals surface area contributed by atoms with Gasteiger partial charge in [-0.05, 0) is 43.3 Å². The monoisotopic (exact) mass is 404 g/mol. The summed E-state index contributed by atoms with van der Waals surface area (Å²) in [6.45, 7) is 4.86. The molecule has 2 unspecified atom stereocenters. The number of nitrogens with zero attached hydrogens (tertiary/aromatic N) is 1. The molecule has 2 atom stereocenters. The van der Waals surface area contributed by atoms with Gasteiger partial charge in [-0.3, -0.25) is 14.9 Å². The topological polar surface area (TPSA) is 76.7 Å². The second-order valence-corrected chi connectivity index (χ2v) is 7.92. The smallest absolute Gasteiger partial charge is 0.284 e. The minimum atomic E-state index is -0.497. The van der Waals surface area contributed by atoms with Crippen LogP contribution in [0.25, 0.3) is 0 Å². The van der Waals surface area contributed by atoms with Crippen LogP contribution in [0.2, 0.25) is 0 Å². The third kappa shape index (κ3) is 4.88. The van der Waals surface area contributed by atoms with E-state index in [1.54, 1.807) is 24.3 Å². The molecule has 0 spiro atoms. The van der Waals surface area contributed by atoms with Gasteiger partial charge in [-0.1, -0.05) is 11.8 Å². The first-order valence-electron chi connectivity index (χ1n) is 9.32. The zero-order valence-electron chi connectivity index (χ0n) is 15.6. The molecular weight excluding hydrogens is 381 g/mol. The second kappa shape index (κ2) is 9.16. The molecule has 0 aromatic heterocycles. The molecule has 0 radical (unpaired) electrons. The fraction of sp³-hybridized carbons (Fsp3) is 0.350. The van der Waals surface area contributed by atoms with E-state index in [0.717, 1.165) is 25.9 Å². The summed E-state index contributed by atoms with van der Waals surface area (Å²) in [6.07, 6.45) is 2.24. The van der Waals surface area contributed by atoms with Crippen molar-refractivity contribution < 1.29 is 19.0 Å². The second-order valence-electron chi connectivity index (χ2n) is 6.81. The third-order valence-corrected chi connectivity index (χ3v) is 6.12. The van der Waals surface area contributed by atoms with E-state index in [1.165, 1.54) is 34.9 Å². The number of likely N-dealkylation sites (tertiary alicyclic amines) is 1. The van der Waals surface area contributed by atoms with Crippen LogP contribution >= 0.6 is 11.8 Å². The minimum Gasteiger partial charge on any atom is -0.346 e. The lowest BCUT2D eigenvalue weighted by molar-refractivity contribution is -0.909. The van der Waals surface area contributed by atoms with Crippen molar-refractivity contribution >= 4 is 23.4 Å².